The molecule has 3 aromatic heterocycles. The summed E-state index contributed by atoms with van der Waals surface area (Å²) in [4.78, 5) is 55.8. The molecule has 4 heterocycles. The molecule has 18 heteroatoms. The summed E-state index contributed by atoms with van der Waals surface area (Å²) in [5, 5.41) is 0. The Labute approximate surface area is 286 Å². The van der Waals surface area contributed by atoms with E-state index in [1.807, 2.05) is 0 Å². The number of aliphatic imine (C=N–C) groups is 1. The second kappa shape index (κ2) is 16.3. The number of alkyl halides is 1. The summed E-state index contributed by atoms with van der Waals surface area (Å²) in [5.41, 5.74) is -0.0832. The van der Waals surface area contributed by atoms with E-state index in [-0.39, 0.29) is 23.5 Å². The van der Waals surface area contributed by atoms with Gasteiger partial charge in [-0.2, -0.15) is 0 Å². The van der Waals surface area contributed by atoms with Crippen LogP contribution < -0.4 is 22.5 Å². The van der Waals surface area contributed by atoms with E-state index in [9.17, 15) is 19.2 Å². The van der Waals surface area contributed by atoms with E-state index in [2.05, 4.69) is 81.1 Å². The molecule has 3 aromatic rings. The Morgan fingerprint density at radius 1 is 0.778 bits per heavy atom. The van der Waals surface area contributed by atoms with Gasteiger partial charge in [0.15, 0.2) is 15.9 Å². The van der Waals surface area contributed by atoms with Crippen molar-refractivity contribution >= 4 is 81.2 Å². The molecule has 0 atom stereocenters. The van der Waals surface area contributed by atoms with Crippen LogP contribution in [0.2, 0.25) is 51.4 Å². The summed E-state index contributed by atoms with van der Waals surface area (Å²) in [6.07, 6.45) is 0.468. The molecule has 13 nitrogen and oxygen atoms in total. The highest BCUT2D eigenvalue weighted by atomic mass is 79.9. The molecule has 0 spiro atoms. The maximum atomic E-state index is 12.3. The van der Waals surface area contributed by atoms with Crippen LogP contribution in [0.4, 0.5) is 5.82 Å². The fraction of sp³-hybridized carbons (Fsp3) is 0.630. The third-order valence-electron chi connectivity index (χ3n) is 6.87. The molecule has 0 unspecified atom stereocenters. The van der Waals surface area contributed by atoms with Crippen molar-refractivity contribution in [3.63, 3.8) is 0 Å². The highest BCUT2D eigenvalue weighted by Gasteiger charge is 2.21. The van der Waals surface area contributed by atoms with Crippen LogP contribution in [0.1, 0.15) is 5.56 Å². The van der Waals surface area contributed by atoms with Crippen molar-refractivity contribution in [1.29, 1.82) is 0 Å². The molecule has 0 aliphatic carbocycles. The monoisotopic (exact) mass is 811 g/mol. The Morgan fingerprint density at radius 3 is 1.82 bits per heavy atom. The lowest BCUT2D eigenvalue weighted by Crippen LogP contribution is -2.38. The van der Waals surface area contributed by atoms with Gasteiger partial charge in [0.25, 0.3) is 11.1 Å². The summed E-state index contributed by atoms with van der Waals surface area (Å²) in [6, 6.07) is 2.60. The number of hydrogen-bond donors (Lipinski definition) is 0. The molecule has 1 aliphatic heterocycles. The van der Waals surface area contributed by atoms with Gasteiger partial charge in [-0.15, -0.1) is 0 Å². The zero-order valence-electron chi connectivity index (χ0n) is 27.7. The third-order valence-corrected chi connectivity index (χ3v) is 11.5. The molecule has 1 aliphatic rings. The predicted molar refractivity (Wildman–Crippen MR) is 193 cm³/mol. The molecule has 0 aromatic carbocycles. The van der Waals surface area contributed by atoms with Crippen molar-refractivity contribution in [3.8, 4) is 0 Å². The van der Waals surface area contributed by atoms with Gasteiger partial charge in [0.2, 0.25) is 0 Å². The highest BCUT2D eigenvalue weighted by molar-refractivity contribution is 9.18. The van der Waals surface area contributed by atoms with Gasteiger partial charge in [-0.3, -0.25) is 32.4 Å². The van der Waals surface area contributed by atoms with Gasteiger partial charge in [-0.05, 0) is 43.9 Å². The molecular formula is C27H44Br2ClN7O6Si2. The van der Waals surface area contributed by atoms with Crippen molar-refractivity contribution in [2.24, 2.45) is 33.2 Å². The van der Waals surface area contributed by atoms with Crippen LogP contribution in [-0.2, 0) is 50.8 Å². The molecular weight excluding hydrogens is 770 g/mol. The van der Waals surface area contributed by atoms with E-state index in [0.717, 1.165) is 21.8 Å². The predicted octanol–water partition coefficient (Wildman–Crippen LogP) is 4.11. The maximum absolute atomic E-state index is 12.3. The number of rotatable bonds is 9. The molecule has 45 heavy (non-hydrogen) atoms. The molecule has 0 bridgehead atoms. The van der Waals surface area contributed by atoms with Gasteiger partial charge >= 0.3 is 11.4 Å². The molecule has 0 saturated carbocycles. The minimum atomic E-state index is -1.16. The summed E-state index contributed by atoms with van der Waals surface area (Å²) in [6.45, 7) is 15.5. The first-order chi connectivity index (χ1) is 20.7. The van der Waals surface area contributed by atoms with Crippen LogP contribution in [0.5, 0.6) is 0 Å². The van der Waals surface area contributed by atoms with Crippen LogP contribution in [0.3, 0.4) is 0 Å². The Balaban J connectivity index is 0.000000262. The van der Waals surface area contributed by atoms with Gasteiger partial charge in [-0.1, -0.05) is 50.9 Å². The number of imidazole rings is 1. The molecule has 0 amide bonds. The lowest BCUT2D eigenvalue weighted by atomic mass is 10.2. The first kappa shape index (κ1) is 39.3. The second-order valence-electron chi connectivity index (χ2n) is 13.0. The number of fused-ring (bicyclic) bond motifs is 2. The van der Waals surface area contributed by atoms with Crippen LogP contribution in [-0.4, -0.2) is 67.9 Å². The summed E-state index contributed by atoms with van der Waals surface area (Å²) in [7, 11) is 4.10. The number of nitrogens with zero attached hydrogens (tertiary/aromatic N) is 7. The van der Waals surface area contributed by atoms with Crippen molar-refractivity contribution < 1.29 is 9.47 Å². The molecule has 4 rings (SSSR count). The van der Waals surface area contributed by atoms with Crippen molar-refractivity contribution in [2.75, 3.05) is 19.3 Å². The van der Waals surface area contributed by atoms with E-state index in [1.165, 1.54) is 29.3 Å². The van der Waals surface area contributed by atoms with E-state index in [4.69, 9.17) is 21.1 Å². The topological polar surface area (TPSA) is 137 Å². The van der Waals surface area contributed by atoms with Gasteiger partial charge in [-0.25, -0.2) is 19.6 Å². The molecule has 0 fully saturated rings. The van der Waals surface area contributed by atoms with Gasteiger partial charge in [0.05, 0.1) is 10.2 Å². The van der Waals surface area contributed by atoms with Crippen molar-refractivity contribution in [2.45, 2.75) is 64.5 Å². The van der Waals surface area contributed by atoms with E-state index in [0.29, 0.717) is 51.0 Å². The van der Waals surface area contributed by atoms with Crippen LogP contribution in [0.15, 0.2) is 28.9 Å². The Hall–Kier alpha value is -1.90. The normalized spacial score (nSPS) is 12.8. The average Bonchev–Trinajstić information content (AvgIpc) is 3.50. The lowest BCUT2D eigenvalue weighted by molar-refractivity contribution is 0.0882. The first-order valence-corrected chi connectivity index (χ1v) is 23.8. The quantitative estimate of drug-likeness (QED) is 0.137. The fourth-order valence-electron chi connectivity index (χ4n) is 4.01. The second-order valence-corrected chi connectivity index (χ2v) is 26.1. The van der Waals surface area contributed by atoms with Crippen molar-refractivity contribution in [1.82, 2.24) is 27.8 Å². The summed E-state index contributed by atoms with van der Waals surface area (Å²) in [5.74, 6) is 0.463. The zero-order valence-corrected chi connectivity index (χ0v) is 33.6. The molecule has 0 radical (unpaired) electrons. The van der Waals surface area contributed by atoms with E-state index >= 15 is 0 Å². The van der Waals surface area contributed by atoms with Gasteiger partial charge in [0.1, 0.15) is 18.6 Å². The van der Waals surface area contributed by atoms with Crippen LogP contribution in [0.25, 0.3) is 11.2 Å². The summed E-state index contributed by atoms with van der Waals surface area (Å²) < 4.78 is 18.4. The minimum absolute atomic E-state index is 0.231. The van der Waals surface area contributed by atoms with E-state index in [1.54, 1.807) is 18.7 Å². The van der Waals surface area contributed by atoms with Gasteiger partial charge in [0, 0.05) is 64.0 Å². The number of ether oxygens (including phenoxy) is 2. The zero-order chi connectivity index (χ0) is 34.4. The SMILES string of the molecule is C[Si](C)(C)CCOCCl.Cn1c(=O)c2c(nc(Br)n2COCC[Si](C)(C)C)n(C)c1=O.Cn1c2c(c(=O)n(C)c1=O)CC(Br)=N2. The van der Waals surface area contributed by atoms with E-state index < -0.39 is 21.8 Å². The maximum Gasteiger partial charge on any atom is 0.332 e. The average molecular weight is 814 g/mol. The number of hydrogen-bond acceptors (Lipinski definition) is 8. The Bertz CT molecular complexity index is 1780. The molecule has 0 N–H and O–H groups in total. The fourth-order valence-corrected chi connectivity index (χ4v) is 6.52. The standard InChI is InChI=1S/C13H21BrN4O3Si.C8H8BrN3O2.C6H15ClOSi/c1-16-10-9(11(19)17(2)13(16)20)18(12(14)15-10)8-21-6-7-22(3,4)5;1-11-6-4(3-5(9)10-6)7(13)12(2)8(11)14;1-9(2,3)5-4-8-6-7/h6-8H2,1-5H3;3H2,1-2H3;4-6H2,1-3H3. The van der Waals surface area contributed by atoms with Crippen molar-refractivity contribution in [3.05, 3.63) is 52.0 Å². The van der Waals surface area contributed by atoms with Gasteiger partial charge < -0.3 is 9.47 Å². The molecule has 252 valence electrons. The number of halogens is 3. The lowest BCUT2D eigenvalue weighted by Gasteiger charge is -2.15. The first-order valence-electron chi connectivity index (χ1n) is 14.3. The smallest absolute Gasteiger partial charge is 0.332 e. The summed E-state index contributed by atoms with van der Waals surface area (Å²) >= 11 is 11.9. The Kier molecular flexibility index (Phi) is 14.2. The minimum Gasteiger partial charge on any atom is -0.366 e. The number of aromatic nitrogens is 6. The number of aryl methyl sites for hydroxylation is 1. The van der Waals surface area contributed by atoms with Crippen LogP contribution >= 0.6 is 43.5 Å². The Morgan fingerprint density at radius 2 is 1.29 bits per heavy atom. The molecule has 0 saturated heterocycles. The third kappa shape index (κ3) is 10.6. The largest absolute Gasteiger partial charge is 0.366 e. The van der Waals surface area contributed by atoms with Crippen LogP contribution in [0, 0.1) is 0 Å². The highest BCUT2D eigenvalue weighted by Crippen LogP contribution is 2.23.